The van der Waals surface area contributed by atoms with Crippen LogP contribution in [-0.4, -0.2) is 18.1 Å². The Bertz CT molecular complexity index is 443. The summed E-state index contributed by atoms with van der Waals surface area (Å²) in [7, 11) is 0. The average molecular weight is 277 g/mol. The zero-order valence-corrected chi connectivity index (χ0v) is 13.3. The molecule has 1 aromatic carbocycles. The zero-order chi connectivity index (χ0) is 15.1. The summed E-state index contributed by atoms with van der Waals surface area (Å²) in [6, 6.07) is 6.13. The van der Waals surface area contributed by atoms with Crippen molar-refractivity contribution < 1.29 is 9.53 Å². The van der Waals surface area contributed by atoms with Gasteiger partial charge in [-0.15, -0.1) is 0 Å². The molecule has 0 heterocycles. The molecule has 0 saturated heterocycles. The summed E-state index contributed by atoms with van der Waals surface area (Å²) in [6.07, 6.45) is 2.30. The van der Waals surface area contributed by atoms with Crippen molar-refractivity contribution in [3.05, 3.63) is 29.3 Å². The molecular weight excluding hydrogens is 250 g/mol. The van der Waals surface area contributed by atoms with Gasteiger partial charge in [-0.25, -0.2) is 0 Å². The van der Waals surface area contributed by atoms with Crippen LogP contribution in [0, 0.1) is 13.8 Å². The summed E-state index contributed by atoms with van der Waals surface area (Å²) in [5.74, 6) is 0.782. The molecule has 3 nitrogen and oxygen atoms in total. The van der Waals surface area contributed by atoms with Crippen molar-refractivity contribution in [1.82, 2.24) is 5.32 Å². The largest absolute Gasteiger partial charge is 0.480 e. The highest BCUT2D eigenvalue weighted by atomic mass is 16.5. The third-order valence-electron chi connectivity index (χ3n) is 3.60. The number of amides is 1. The van der Waals surface area contributed by atoms with E-state index >= 15 is 0 Å². The van der Waals surface area contributed by atoms with Crippen LogP contribution >= 0.6 is 0 Å². The minimum absolute atomic E-state index is 0.0191. The van der Waals surface area contributed by atoms with Crippen LogP contribution in [0.25, 0.3) is 0 Å². The summed E-state index contributed by atoms with van der Waals surface area (Å²) in [4.78, 5) is 12.2. The molecule has 1 N–H and O–H groups in total. The van der Waals surface area contributed by atoms with Gasteiger partial charge in [0.1, 0.15) is 5.75 Å². The topological polar surface area (TPSA) is 38.3 Å². The van der Waals surface area contributed by atoms with Gasteiger partial charge in [0.25, 0.3) is 5.91 Å². The molecule has 0 aliphatic rings. The molecule has 0 fully saturated rings. The van der Waals surface area contributed by atoms with Crippen molar-refractivity contribution in [2.75, 3.05) is 0 Å². The fraction of sp³-hybridized carbons (Fsp3) is 0.588. The molecule has 0 aliphatic heterocycles. The monoisotopic (exact) mass is 277 g/mol. The zero-order valence-electron chi connectivity index (χ0n) is 13.3. The van der Waals surface area contributed by atoms with Crippen molar-refractivity contribution in [2.24, 2.45) is 0 Å². The van der Waals surface area contributed by atoms with Crippen LogP contribution in [0.3, 0.4) is 0 Å². The number of ether oxygens (including phenoxy) is 1. The van der Waals surface area contributed by atoms with Gasteiger partial charge in [-0.2, -0.15) is 0 Å². The van der Waals surface area contributed by atoms with Gasteiger partial charge in [0.15, 0.2) is 6.10 Å². The molecular formula is C17H27NO2. The first-order chi connectivity index (χ1) is 9.49. The van der Waals surface area contributed by atoms with Gasteiger partial charge in [-0.1, -0.05) is 32.4 Å². The molecule has 1 amide bonds. The van der Waals surface area contributed by atoms with Crippen molar-refractivity contribution in [3.63, 3.8) is 0 Å². The first kappa shape index (κ1) is 16.5. The molecule has 0 unspecified atom stereocenters. The van der Waals surface area contributed by atoms with E-state index < -0.39 is 6.10 Å². The number of aryl methyl sites for hydroxylation is 1. The van der Waals surface area contributed by atoms with E-state index in [1.165, 1.54) is 5.56 Å². The summed E-state index contributed by atoms with van der Waals surface area (Å²) < 4.78 is 5.90. The number of benzene rings is 1. The molecule has 2 atom stereocenters. The van der Waals surface area contributed by atoms with E-state index in [2.05, 4.69) is 12.2 Å². The Morgan fingerprint density at radius 3 is 2.60 bits per heavy atom. The Kier molecular flexibility index (Phi) is 6.56. The summed E-state index contributed by atoms with van der Waals surface area (Å²) in [5.41, 5.74) is 2.28. The highest BCUT2D eigenvalue weighted by molar-refractivity contribution is 5.81. The van der Waals surface area contributed by atoms with Crippen LogP contribution in [0.5, 0.6) is 5.75 Å². The number of carbonyl (C=O) groups excluding carboxylic acids is 1. The van der Waals surface area contributed by atoms with Crippen molar-refractivity contribution in [1.29, 1.82) is 0 Å². The smallest absolute Gasteiger partial charge is 0.261 e. The van der Waals surface area contributed by atoms with Crippen LogP contribution < -0.4 is 10.1 Å². The molecule has 112 valence electrons. The summed E-state index contributed by atoms with van der Waals surface area (Å²) in [6.45, 7) is 10.2. The lowest BCUT2D eigenvalue weighted by Gasteiger charge is -2.21. The molecule has 0 spiro atoms. The molecule has 1 rings (SSSR count). The standard InChI is InChI=1S/C17H27NO2/c1-6-9-13(4)18-17(19)15(7-2)20-16-11-8-10-12(3)14(16)5/h8,10-11,13,15H,6-7,9H2,1-5H3,(H,18,19)/t13-,15-/m0/s1. The van der Waals surface area contributed by atoms with E-state index in [-0.39, 0.29) is 11.9 Å². The molecule has 3 heteroatoms. The lowest BCUT2D eigenvalue weighted by atomic mass is 10.1. The third kappa shape index (κ3) is 4.55. The maximum Gasteiger partial charge on any atom is 0.261 e. The van der Waals surface area contributed by atoms with Gasteiger partial charge in [-0.05, 0) is 50.8 Å². The van der Waals surface area contributed by atoms with Gasteiger partial charge in [0.05, 0.1) is 0 Å². The van der Waals surface area contributed by atoms with Crippen LogP contribution in [0.4, 0.5) is 0 Å². The molecule has 1 aromatic rings. The Labute approximate surface area is 122 Å². The van der Waals surface area contributed by atoms with Crippen molar-refractivity contribution >= 4 is 5.91 Å². The first-order valence-corrected chi connectivity index (χ1v) is 7.52. The van der Waals surface area contributed by atoms with Crippen molar-refractivity contribution in [3.8, 4) is 5.75 Å². The summed E-state index contributed by atoms with van der Waals surface area (Å²) >= 11 is 0. The van der Waals surface area contributed by atoms with Gasteiger partial charge in [-0.3, -0.25) is 4.79 Å². The Morgan fingerprint density at radius 1 is 1.30 bits per heavy atom. The number of carbonyl (C=O) groups is 1. The second-order valence-corrected chi connectivity index (χ2v) is 5.41. The normalized spacial score (nSPS) is 13.7. The highest BCUT2D eigenvalue weighted by Gasteiger charge is 2.20. The molecule has 0 bridgehead atoms. The van der Waals surface area contributed by atoms with Crippen LogP contribution in [0.2, 0.25) is 0 Å². The van der Waals surface area contributed by atoms with Gasteiger partial charge in [0, 0.05) is 6.04 Å². The van der Waals surface area contributed by atoms with Gasteiger partial charge < -0.3 is 10.1 Å². The second-order valence-electron chi connectivity index (χ2n) is 5.41. The van der Waals surface area contributed by atoms with E-state index in [1.807, 2.05) is 45.9 Å². The molecule has 0 radical (unpaired) electrons. The molecule has 0 aromatic heterocycles. The third-order valence-corrected chi connectivity index (χ3v) is 3.60. The maximum absolute atomic E-state index is 12.2. The minimum Gasteiger partial charge on any atom is -0.480 e. The van der Waals surface area contributed by atoms with Crippen molar-refractivity contribution in [2.45, 2.75) is 66.0 Å². The average Bonchev–Trinajstić information content (AvgIpc) is 2.40. The fourth-order valence-electron chi connectivity index (χ4n) is 2.17. The van der Waals surface area contributed by atoms with Crippen LogP contribution in [0.1, 0.15) is 51.2 Å². The predicted molar refractivity (Wildman–Crippen MR) is 83.1 cm³/mol. The van der Waals surface area contributed by atoms with E-state index in [0.29, 0.717) is 6.42 Å². The van der Waals surface area contributed by atoms with Crippen LogP contribution in [0.15, 0.2) is 18.2 Å². The van der Waals surface area contributed by atoms with Gasteiger partial charge in [0.2, 0.25) is 0 Å². The lowest BCUT2D eigenvalue weighted by Crippen LogP contribution is -2.42. The Morgan fingerprint density at radius 2 is 2.00 bits per heavy atom. The maximum atomic E-state index is 12.2. The fourth-order valence-corrected chi connectivity index (χ4v) is 2.17. The number of nitrogens with one attached hydrogen (secondary N) is 1. The first-order valence-electron chi connectivity index (χ1n) is 7.52. The Balaban J connectivity index is 2.71. The van der Waals surface area contributed by atoms with E-state index in [4.69, 9.17) is 4.74 Å². The van der Waals surface area contributed by atoms with Crippen LogP contribution in [-0.2, 0) is 4.79 Å². The number of hydrogen-bond acceptors (Lipinski definition) is 2. The molecule has 0 saturated carbocycles. The number of hydrogen-bond donors (Lipinski definition) is 1. The van der Waals surface area contributed by atoms with Gasteiger partial charge >= 0.3 is 0 Å². The quantitative estimate of drug-likeness (QED) is 0.824. The summed E-state index contributed by atoms with van der Waals surface area (Å²) in [5, 5.41) is 3.02. The SMILES string of the molecule is CCC[C@H](C)NC(=O)[C@H](CC)Oc1cccc(C)c1C. The molecule has 0 aliphatic carbocycles. The highest BCUT2D eigenvalue weighted by Crippen LogP contribution is 2.22. The second kappa shape index (κ2) is 7.93. The van der Waals surface area contributed by atoms with E-state index in [1.54, 1.807) is 0 Å². The predicted octanol–water partition coefficient (Wildman–Crippen LogP) is 3.77. The molecule has 20 heavy (non-hydrogen) atoms. The number of rotatable bonds is 7. The minimum atomic E-state index is -0.421. The van der Waals surface area contributed by atoms with E-state index in [9.17, 15) is 4.79 Å². The lowest BCUT2D eigenvalue weighted by molar-refractivity contribution is -0.128. The van der Waals surface area contributed by atoms with E-state index in [0.717, 1.165) is 24.2 Å². The Hall–Kier alpha value is -1.51.